The number of anilines is 1. The van der Waals surface area contributed by atoms with Crippen molar-refractivity contribution in [3.8, 4) is 11.5 Å². The number of hydrogen-bond donors (Lipinski definition) is 2. The Bertz CT molecular complexity index is 790. The largest absolute Gasteiger partial charge is 0.495 e. The molecule has 0 atom stereocenters. The molecule has 0 aliphatic carbocycles. The molecule has 1 saturated heterocycles. The van der Waals surface area contributed by atoms with E-state index in [1.807, 2.05) is 43.3 Å². The molecule has 7 heteroatoms. The number of halogens is 1. The zero-order valence-corrected chi connectivity index (χ0v) is 19.3. The van der Waals surface area contributed by atoms with Crippen LogP contribution in [-0.2, 0) is 10.2 Å². The highest BCUT2D eigenvalue weighted by atomic mass is 127. The molecule has 29 heavy (non-hydrogen) atoms. The first-order valence-electron chi connectivity index (χ1n) is 9.68. The average molecular weight is 511 g/mol. The molecule has 2 aromatic rings. The molecule has 0 spiro atoms. The second-order valence-corrected chi connectivity index (χ2v) is 6.88. The molecule has 1 aliphatic rings. The third-order valence-electron chi connectivity index (χ3n) is 5.15. The minimum atomic E-state index is -0.0872. The van der Waals surface area contributed by atoms with E-state index in [-0.39, 0.29) is 29.4 Å². The van der Waals surface area contributed by atoms with Crippen LogP contribution in [0.25, 0.3) is 0 Å². The first-order valence-corrected chi connectivity index (χ1v) is 9.68. The van der Waals surface area contributed by atoms with Crippen LogP contribution in [0, 0.1) is 0 Å². The van der Waals surface area contributed by atoms with Gasteiger partial charge in [0, 0.05) is 18.6 Å². The molecule has 0 radical (unpaired) electrons. The molecule has 2 aromatic carbocycles. The minimum Gasteiger partial charge on any atom is -0.495 e. The van der Waals surface area contributed by atoms with E-state index in [4.69, 9.17) is 19.9 Å². The van der Waals surface area contributed by atoms with Gasteiger partial charge in [-0.3, -0.25) is 4.99 Å². The van der Waals surface area contributed by atoms with Crippen LogP contribution in [0.3, 0.4) is 0 Å². The molecule has 3 rings (SSSR count). The Balaban J connectivity index is 0.00000300. The van der Waals surface area contributed by atoms with Gasteiger partial charge in [0.15, 0.2) is 5.96 Å². The Morgan fingerprint density at radius 1 is 1.14 bits per heavy atom. The number of rotatable bonds is 7. The Morgan fingerprint density at radius 3 is 2.48 bits per heavy atom. The van der Waals surface area contributed by atoms with Gasteiger partial charge >= 0.3 is 0 Å². The standard InChI is InChI=1S/C22H29N3O3.HI/c1-3-28-18-10-8-17(9-11-18)22(12-14-27-15-13-22)16-24-21(23)25-19-6-4-5-7-20(19)26-2;/h4-11H,3,12-16H2,1-2H3,(H3,23,24,25);1H. The van der Waals surface area contributed by atoms with Crippen molar-refractivity contribution in [1.82, 2.24) is 0 Å². The first-order chi connectivity index (χ1) is 13.7. The lowest BCUT2D eigenvalue weighted by Gasteiger charge is -2.36. The molecule has 0 bridgehead atoms. The number of methoxy groups -OCH3 is 1. The zero-order valence-electron chi connectivity index (χ0n) is 17.0. The van der Waals surface area contributed by atoms with Crippen LogP contribution in [0.5, 0.6) is 11.5 Å². The van der Waals surface area contributed by atoms with Crippen molar-refractivity contribution < 1.29 is 14.2 Å². The maximum atomic E-state index is 6.18. The summed E-state index contributed by atoms with van der Waals surface area (Å²) in [4.78, 5) is 4.67. The number of aliphatic imine (C=N–C) groups is 1. The fraction of sp³-hybridized carbons (Fsp3) is 0.409. The van der Waals surface area contributed by atoms with Crippen LogP contribution in [-0.4, -0.2) is 39.4 Å². The van der Waals surface area contributed by atoms with Gasteiger partial charge < -0.3 is 25.3 Å². The number of nitrogens with zero attached hydrogens (tertiary/aromatic N) is 1. The topological polar surface area (TPSA) is 78.1 Å². The Morgan fingerprint density at radius 2 is 1.83 bits per heavy atom. The molecule has 0 unspecified atom stereocenters. The first kappa shape index (κ1) is 23.3. The van der Waals surface area contributed by atoms with Gasteiger partial charge in [-0.15, -0.1) is 24.0 Å². The molecule has 3 N–H and O–H groups in total. The number of hydrogen-bond acceptors (Lipinski definition) is 4. The molecule has 6 nitrogen and oxygen atoms in total. The summed E-state index contributed by atoms with van der Waals surface area (Å²) < 4.78 is 16.5. The maximum absolute atomic E-state index is 6.18. The highest BCUT2D eigenvalue weighted by Crippen LogP contribution is 2.36. The van der Waals surface area contributed by atoms with Gasteiger partial charge in [-0.2, -0.15) is 0 Å². The number of benzene rings is 2. The fourth-order valence-electron chi connectivity index (χ4n) is 3.53. The van der Waals surface area contributed by atoms with Gasteiger partial charge in [0.2, 0.25) is 0 Å². The van der Waals surface area contributed by atoms with Crippen molar-refractivity contribution in [3.05, 3.63) is 54.1 Å². The lowest BCUT2D eigenvalue weighted by Crippen LogP contribution is -2.38. The second kappa shape index (κ2) is 11.3. The van der Waals surface area contributed by atoms with Gasteiger partial charge in [0.05, 0.1) is 25.9 Å². The van der Waals surface area contributed by atoms with Gasteiger partial charge in [0.1, 0.15) is 11.5 Å². The van der Waals surface area contributed by atoms with E-state index < -0.39 is 0 Å². The fourth-order valence-corrected chi connectivity index (χ4v) is 3.53. The number of nitrogens with one attached hydrogen (secondary N) is 1. The molecule has 0 aromatic heterocycles. The number of ether oxygens (including phenoxy) is 3. The molecule has 158 valence electrons. The molecule has 1 aliphatic heterocycles. The van der Waals surface area contributed by atoms with E-state index in [0.29, 0.717) is 19.1 Å². The molecule has 1 fully saturated rings. The van der Waals surface area contributed by atoms with Gasteiger partial charge in [-0.05, 0) is 49.6 Å². The normalized spacial score (nSPS) is 15.9. The molecule has 1 heterocycles. The van der Waals surface area contributed by atoms with Crippen molar-refractivity contribution in [2.45, 2.75) is 25.2 Å². The van der Waals surface area contributed by atoms with E-state index in [2.05, 4.69) is 22.4 Å². The van der Waals surface area contributed by atoms with Crippen molar-refractivity contribution in [2.24, 2.45) is 10.7 Å². The van der Waals surface area contributed by atoms with Crippen molar-refractivity contribution >= 4 is 35.6 Å². The third kappa shape index (κ3) is 5.99. The van der Waals surface area contributed by atoms with Gasteiger partial charge in [-0.25, -0.2) is 0 Å². The van der Waals surface area contributed by atoms with Crippen LogP contribution in [0.1, 0.15) is 25.3 Å². The average Bonchev–Trinajstić information content (AvgIpc) is 2.74. The third-order valence-corrected chi connectivity index (χ3v) is 5.15. The maximum Gasteiger partial charge on any atom is 0.193 e. The summed E-state index contributed by atoms with van der Waals surface area (Å²) in [5.74, 6) is 1.99. The summed E-state index contributed by atoms with van der Waals surface area (Å²) in [6, 6.07) is 16.0. The van der Waals surface area contributed by atoms with E-state index in [1.54, 1.807) is 7.11 Å². The predicted molar refractivity (Wildman–Crippen MR) is 128 cm³/mol. The SMILES string of the molecule is CCOc1ccc(C2(CN=C(N)Nc3ccccc3OC)CCOCC2)cc1.I. The molecular weight excluding hydrogens is 481 g/mol. The summed E-state index contributed by atoms with van der Waals surface area (Å²) in [5.41, 5.74) is 8.13. The van der Waals surface area contributed by atoms with Crippen LogP contribution in [0.4, 0.5) is 5.69 Å². The van der Waals surface area contributed by atoms with Crippen LogP contribution >= 0.6 is 24.0 Å². The Hall–Kier alpha value is -2.00. The zero-order chi connectivity index (χ0) is 19.8. The lowest BCUT2D eigenvalue weighted by molar-refractivity contribution is 0.0531. The summed E-state index contributed by atoms with van der Waals surface area (Å²) in [6.45, 7) is 4.69. The van der Waals surface area contributed by atoms with Crippen LogP contribution in [0.2, 0.25) is 0 Å². The Labute approximate surface area is 189 Å². The number of guanidine groups is 1. The highest BCUT2D eigenvalue weighted by Gasteiger charge is 2.34. The van der Waals surface area contributed by atoms with Crippen LogP contribution < -0.4 is 20.5 Å². The van der Waals surface area contributed by atoms with Crippen molar-refractivity contribution in [2.75, 3.05) is 38.8 Å². The van der Waals surface area contributed by atoms with E-state index >= 15 is 0 Å². The number of para-hydroxylation sites is 2. The van der Waals surface area contributed by atoms with E-state index in [1.165, 1.54) is 5.56 Å². The van der Waals surface area contributed by atoms with Crippen molar-refractivity contribution in [1.29, 1.82) is 0 Å². The molecule has 0 amide bonds. The van der Waals surface area contributed by atoms with Gasteiger partial charge in [-0.1, -0.05) is 24.3 Å². The summed E-state index contributed by atoms with van der Waals surface area (Å²) in [6.07, 6.45) is 1.82. The quantitative estimate of drug-likeness (QED) is 0.331. The summed E-state index contributed by atoms with van der Waals surface area (Å²) in [5, 5.41) is 3.15. The van der Waals surface area contributed by atoms with Crippen molar-refractivity contribution in [3.63, 3.8) is 0 Å². The van der Waals surface area contributed by atoms with E-state index in [9.17, 15) is 0 Å². The van der Waals surface area contributed by atoms with Gasteiger partial charge in [0.25, 0.3) is 0 Å². The van der Waals surface area contributed by atoms with Crippen LogP contribution in [0.15, 0.2) is 53.5 Å². The second-order valence-electron chi connectivity index (χ2n) is 6.88. The molecular formula is C22H30IN3O3. The minimum absolute atomic E-state index is 0. The molecule has 0 saturated carbocycles. The smallest absolute Gasteiger partial charge is 0.193 e. The lowest BCUT2D eigenvalue weighted by atomic mass is 9.74. The number of nitrogens with two attached hydrogens (primary N) is 1. The van der Waals surface area contributed by atoms with E-state index in [0.717, 1.165) is 43.2 Å². The highest BCUT2D eigenvalue weighted by molar-refractivity contribution is 14.0. The Kier molecular flexibility index (Phi) is 9.03. The summed E-state index contributed by atoms with van der Waals surface area (Å²) in [7, 11) is 1.64. The monoisotopic (exact) mass is 511 g/mol. The summed E-state index contributed by atoms with van der Waals surface area (Å²) >= 11 is 0. The predicted octanol–water partition coefficient (Wildman–Crippen LogP) is 4.19.